The third kappa shape index (κ3) is 4.26. The van der Waals surface area contributed by atoms with Crippen LogP contribution in [0.3, 0.4) is 0 Å². The first-order valence-electron chi connectivity index (χ1n) is 7.92. The maximum atomic E-state index is 12.1. The summed E-state index contributed by atoms with van der Waals surface area (Å²) < 4.78 is 33.0. The molecule has 1 aliphatic heterocycles. The number of hydrogen-bond donors (Lipinski definition) is 1. The fraction of sp³-hybridized carbons (Fsp3) is 0.375. The fourth-order valence-electron chi connectivity index (χ4n) is 2.56. The number of carbonyl (C=O) groups is 2. The molecule has 0 saturated carbocycles. The first kappa shape index (κ1) is 18.1. The SMILES string of the molecule is C[C@@H](OC(=O)c1ccc(-c2nnco2)cc1)C(=O)N[C@H]1CCS(=O)(=O)C1. The molecule has 1 fully saturated rings. The molecule has 1 amide bonds. The molecule has 26 heavy (non-hydrogen) atoms. The molecule has 138 valence electrons. The van der Waals surface area contributed by atoms with Crippen molar-refractivity contribution in [3.63, 3.8) is 0 Å². The standard InChI is InChI=1S/C16H17N3O6S/c1-10(14(20)18-13-6-7-26(22,23)8-13)25-16(21)12-4-2-11(3-5-12)15-19-17-9-24-15/h2-5,9-10,13H,6-8H2,1H3,(H,18,20)/t10-,13+/m1/s1. The lowest BCUT2D eigenvalue weighted by Crippen LogP contribution is -2.42. The molecule has 0 bridgehead atoms. The number of sulfone groups is 1. The van der Waals surface area contributed by atoms with E-state index in [4.69, 9.17) is 9.15 Å². The molecule has 1 N–H and O–H groups in total. The summed E-state index contributed by atoms with van der Waals surface area (Å²) in [6.45, 7) is 1.43. The summed E-state index contributed by atoms with van der Waals surface area (Å²) in [6.07, 6.45) is 0.528. The highest BCUT2D eigenvalue weighted by Crippen LogP contribution is 2.17. The Bertz CT molecular complexity index is 893. The van der Waals surface area contributed by atoms with Gasteiger partial charge in [0.25, 0.3) is 5.91 Å². The molecule has 1 aliphatic rings. The first-order valence-corrected chi connectivity index (χ1v) is 9.74. The van der Waals surface area contributed by atoms with E-state index in [0.717, 1.165) is 0 Å². The van der Waals surface area contributed by atoms with Crippen molar-refractivity contribution in [1.82, 2.24) is 15.5 Å². The molecule has 2 aromatic rings. The smallest absolute Gasteiger partial charge is 0.338 e. The van der Waals surface area contributed by atoms with E-state index in [9.17, 15) is 18.0 Å². The summed E-state index contributed by atoms with van der Waals surface area (Å²) in [5.41, 5.74) is 0.906. The van der Waals surface area contributed by atoms with Crippen molar-refractivity contribution in [3.05, 3.63) is 36.2 Å². The molecule has 10 heteroatoms. The Morgan fingerprint density at radius 3 is 2.62 bits per heavy atom. The van der Waals surface area contributed by atoms with Crippen molar-refractivity contribution in [1.29, 1.82) is 0 Å². The number of amides is 1. The van der Waals surface area contributed by atoms with E-state index in [1.165, 1.54) is 25.5 Å². The van der Waals surface area contributed by atoms with Crippen LogP contribution in [0.2, 0.25) is 0 Å². The van der Waals surface area contributed by atoms with Crippen molar-refractivity contribution in [3.8, 4) is 11.5 Å². The van der Waals surface area contributed by atoms with E-state index in [2.05, 4.69) is 15.5 Å². The lowest BCUT2D eigenvalue weighted by molar-refractivity contribution is -0.129. The van der Waals surface area contributed by atoms with E-state index in [1.807, 2.05) is 0 Å². The van der Waals surface area contributed by atoms with Crippen LogP contribution in [0.25, 0.3) is 11.5 Å². The zero-order chi connectivity index (χ0) is 18.7. The third-order valence-corrected chi connectivity index (χ3v) is 5.73. The molecule has 3 rings (SSSR count). The molecule has 2 heterocycles. The van der Waals surface area contributed by atoms with Crippen molar-refractivity contribution < 1.29 is 27.2 Å². The normalized spacial score (nSPS) is 19.7. The van der Waals surface area contributed by atoms with Crippen LogP contribution in [0.15, 0.2) is 35.1 Å². The van der Waals surface area contributed by atoms with Gasteiger partial charge in [-0.25, -0.2) is 13.2 Å². The molecule has 0 aliphatic carbocycles. The minimum atomic E-state index is -3.10. The number of carbonyl (C=O) groups excluding carboxylic acids is 2. The van der Waals surface area contributed by atoms with Gasteiger partial charge in [0.05, 0.1) is 17.1 Å². The summed E-state index contributed by atoms with van der Waals surface area (Å²) >= 11 is 0. The molecular weight excluding hydrogens is 362 g/mol. The average molecular weight is 379 g/mol. The van der Waals surface area contributed by atoms with Gasteiger partial charge in [-0.15, -0.1) is 10.2 Å². The second-order valence-corrected chi connectivity index (χ2v) is 8.21. The van der Waals surface area contributed by atoms with Gasteiger partial charge in [0, 0.05) is 11.6 Å². The van der Waals surface area contributed by atoms with Crippen molar-refractivity contribution in [2.75, 3.05) is 11.5 Å². The van der Waals surface area contributed by atoms with Crippen molar-refractivity contribution in [2.24, 2.45) is 0 Å². The fourth-order valence-corrected chi connectivity index (χ4v) is 4.23. The van der Waals surface area contributed by atoms with Crippen LogP contribution in [-0.4, -0.2) is 54.1 Å². The number of nitrogens with zero attached hydrogens (tertiary/aromatic N) is 2. The van der Waals surface area contributed by atoms with E-state index >= 15 is 0 Å². The summed E-state index contributed by atoms with van der Waals surface area (Å²) in [6, 6.07) is 5.85. The number of nitrogens with one attached hydrogen (secondary N) is 1. The van der Waals surface area contributed by atoms with Gasteiger partial charge < -0.3 is 14.5 Å². The number of rotatable bonds is 5. The van der Waals surface area contributed by atoms with Gasteiger partial charge >= 0.3 is 5.97 Å². The maximum absolute atomic E-state index is 12.1. The van der Waals surface area contributed by atoms with Crippen LogP contribution >= 0.6 is 0 Å². The molecule has 1 aromatic heterocycles. The van der Waals surface area contributed by atoms with Crippen LogP contribution in [0.4, 0.5) is 0 Å². The summed E-state index contributed by atoms with van der Waals surface area (Å²) in [4.78, 5) is 24.2. The van der Waals surface area contributed by atoms with Crippen molar-refractivity contribution in [2.45, 2.75) is 25.5 Å². The largest absolute Gasteiger partial charge is 0.449 e. The zero-order valence-electron chi connectivity index (χ0n) is 13.9. The highest BCUT2D eigenvalue weighted by atomic mass is 32.2. The monoisotopic (exact) mass is 379 g/mol. The van der Waals surface area contributed by atoms with Crippen LogP contribution in [0.5, 0.6) is 0 Å². The predicted octanol–water partition coefficient (Wildman–Crippen LogP) is 0.585. The molecule has 0 radical (unpaired) electrons. The molecule has 9 nitrogen and oxygen atoms in total. The number of hydrogen-bond acceptors (Lipinski definition) is 8. The Morgan fingerprint density at radius 1 is 1.31 bits per heavy atom. The Balaban J connectivity index is 1.56. The molecular formula is C16H17N3O6S. The van der Waals surface area contributed by atoms with Crippen LogP contribution in [0, 0.1) is 0 Å². The quantitative estimate of drug-likeness (QED) is 0.747. The van der Waals surface area contributed by atoms with Crippen LogP contribution in [-0.2, 0) is 19.4 Å². The lowest BCUT2D eigenvalue weighted by atomic mass is 10.1. The second kappa shape index (κ2) is 7.24. The van der Waals surface area contributed by atoms with Crippen molar-refractivity contribution >= 4 is 21.7 Å². The summed E-state index contributed by atoms with van der Waals surface area (Å²) in [5.74, 6) is -0.898. The number of esters is 1. The Hall–Kier alpha value is -2.75. The minimum Gasteiger partial charge on any atom is -0.449 e. The Morgan fingerprint density at radius 2 is 2.04 bits per heavy atom. The highest BCUT2D eigenvalue weighted by Gasteiger charge is 2.30. The van der Waals surface area contributed by atoms with E-state index < -0.39 is 33.9 Å². The van der Waals surface area contributed by atoms with Gasteiger partial charge in [-0.1, -0.05) is 0 Å². The van der Waals surface area contributed by atoms with Gasteiger partial charge in [0.1, 0.15) is 0 Å². The van der Waals surface area contributed by atoms with Crippen LogP contribution < -0.4 is 5.32 Å². The molecule has 0 unspecified atom stereocenters. The first-order chi connectivity index (χ1) is 12.3. The minimum absolute atomic E-state index is 0.0541. The molecule has 1 aromatic carbocycles. The third-order valence-electron chi connectivity index (χ3n) is 3.96. The molecule has 2 atom stereocenters. The molecule has 0 spiro atoms. The average Bonchev–Trinajstić information content (AvgIpc) is 3.24. The van der Waals surface area contributed by atoms with Gasteiger partial charge in [-0.3, -0.25) is 4.79 Å². The van der Waals surface area contributed by atoms with E-state index in [1.54, 1.807) is 12.1 Å². The maximum Gasteiger partial charge on any atom is 0.338 e. The summed E-state index contributed by atoms with van der Waals surface area (Å²) in [5, 5.41) is 9.93. The Kier molecular flexibility index (Phi) is 5.03. The number of ether oxygens (including phenoxy) is 1. The Labute approximate surface area is 149 Å². The van der Waals surface area contributed by atoms with E-state index in [0.29, 0.717) is 17.9 Å². The summed E-state index contributed by atoms with van der Waals surface area (Å²) in [7, 11) is -3.10. The van der Waals surface area contributed by atoms with E-state index in [-0.39, 0.29) is 17.1 Å². The zero-order valence-corrected chi connectivity index (χ0v) is 14.7. The number of aromatic nitrogens is 2. The van der Waals surface area contributed by atoms with Gasteiger partial charge in [0.2, 0.25) is 12.3 Å². The predicted molar refractivity (Wildman–Crippen MR) is 89.8 cm³/mol. The molecule has 1 saturated heterocycles. The van der Waals surface area contributed by atoms with Gasteiger partial charge in [0.15, 0.2) is 15.9 Å². The topological polar surface area (TPSA) is 128 Å². The lowest BCUT2D eigenvalue weighted by Gasteiger charge is -2.16. The van der Waals surface area contributed by atoms with Gasteiger partial charge in [-0.2, -0.15) is 0 Å². The van der Waals surface area contributed by atoms with Gasteiger partial charge in [-0.05, 0) is 37.6 Å². The number of benzene rings is 1. The highest BCUT2D eigenvalue weighted by molar-refractivity contribution is 7.91. The second-order valence-electron chi connectivity index (χ2n) is 5.98. The van der Waals surface area contributed by atoms with Crippen LogP contribution in [0.1, 0.15) is 23.7 Å².